The number of aliphatic hydroxyl groups is 1. The van der Waals surface area contributed by atoms with Crippen molar-refractivity contribution in [2.24, 2.45) is 0 Å². The summed E-state index contributed by atoms with van der Waals surface area (Å²) in [5.74, 6) is 0.189. The number of aliphatic hydroxyl groups excluding tert-OH is 1. The third kappa shape index (κ3) is 4.27. The van der Waals surface area contributed by atoms with Crippen molar-refractivity contribution in [1.82, 2.24) is 10.3 Å². The van der Waals surface area contributed by atoms with Crippen LogP contribution in [0.25, 0.3) is 0 Å². The number of hydrogen-bond acceptors (Lipinski definition) is 5. The van der Waals surface area contributed by atoms with Crippen LogP contribution in [0.4, 0.5) is 0 Å². The summed E-state index contributed by atoms with van der Waals surface area (Å²) in [7, 11) is 1.54. The Kier molecular flexibility index (Phi) is 5.30. The zero-order chi connectivity index (χ0) is 15.2. The topological polar surface area (TPSA) is 71.5 Å². The molecule has 0 saturated heterocycles. The van der Waals surface area contributed by atoms with E-state index in [1.165, 1.54) is 0 Å². The van der Waals surface area contributed by atoms with Crippen LogP contribution in [0.3, 0.4) is 0 Å². The van der Waals surface area contributed by atoms with Crippen LogP contribution < -0.4 is 10.1 Å². The second kappa shape index (κ2) is 7.19. The molecule has 0 saturated carbocycles. The number of carbonyl (C=O) groups is 1. The number of amides is 1. The van der Waals surface area contributed by atoms with E-state index in [0.717, 1.165) is 9.88 Å². The Morgan fingerprint density at radius 2 is 2.33 bits per heavy atom. The van der Waals surface area contributed by atoms with Crippen LogP contribution in [0.1, 0.15) is 21.6 Å². The van der Waals surface area contributed by atoms with E-state index < -0.39 is 12.0 Å². The van der Waals surface area contributed by atoms with E-state index in [2.05, 4.69) is 10.3 Å². The number of hydrogen-bond donors (Lipinski definition) is 2. The molecule has 1 unspecified atom stereocenters. The Hall–Kier alpha value is -1.92. The van der Waals surface area contributed by atoms with Crippen molar-refractivity contribution in [2.45, 2.75) is 19.4 Å². The van der Waals surface area contributed by atoms with Crippen molar-refractivity contribution < 1.29 is 14.6 Å². The van der Waals surface area contributed by atoms with Crippen LogP contribution in [0, 0.1) is 6.92 Å². The molecule has 2 aromatic rings. The molecule has 1 aromatic heterocycles. The summed E-state index contributed by atoms with van der Waals surface area (Å²) in [6.45, 7) is 2.44. The van der Waals surface area contributed by atoms with E-state index in [9.17, 15) is 9.90 Å². The standard InChI is InChI=1S/C15H18N2O3S/c1-10-9-17-13(21-10)6-7-16-15(19)14(18)11-4-3-5-12(8-11)20-2/h3-5,8-9,14,18H,6-7H2,1-2H3,(H,16,19). The molecule has 0 aliphatic heterocycles. The molecule has 0 radical (unpaired) electrons. The number of methoxy groups -OCH3 is 1. The molecule has 1 heterocycles. The normalized spacial score (nSPS) is 12.0. The Morgan fingerprint density at radius 3 is 3.00 bits per heavy atom. The minimum Gasteiger partial charge on any atom is -0.497 e. The summed E-state index contributed by atoms with van der Waals surface area (Å²) in [6, 6.07) is 6.84. The van der Waals surface area contributed by atoms with Crippen LogP contribution in [0.2, 0.25) is 0 Å². The van der Waals surface area contributed by atoms with Gasteiger partial charge in [-0.2, -0.15) is 0 Å². The predicted molar refractivity (Wildman–Crippen MR) is 81.5 cm³/mol. The lowest BCUT2D eigenvalue weighted by atomic mass is 10.1. The lowest BCUT2D eigenvalue weighted by Gasteiger charge is -2.12. The van der Waals surface area contributed by atoms with Gasteiger partial charge in [-0.15, -0.1) is 11.3 Å². The number of aromatic nitrogens is 1. The smallest absolute Gasteiger partial charge is 0.253 e. The molecule has 6 heteroatoms. The molecule has 2 N–H and O–H groups in total. The Bertz CT molecular complexity index is 612. The van der Waals surface area contributed by atoms with Crippen LogP contribution in [0.15, 0.2) is 30.5 Å². The van der Waals surface area contributed by atoms with Crippen LogP contribution in [0.5, 0.6) is 5.75 Å². The van der Waals surface area contributed by atoms with E-state index in [4.69, 9.17) is 4.74 Å². The van der Waals surface area contributed by atoms with E-state index in [0.29, 0.717) is 24.3 Å². The first-order valence-electron chi connectivity index (χ1n) is 6.61. The average Bonchev–Trinajstić information content (AvgIpc) is 2.92. The van der Waals surface area contributed by atoms with Crippen molar-refractivity contribution in [1.29, 1.82) is 0 Å². The molecule has 5 nitrogen and oxygen atoms in total. The number of nitrogens with one attached hydrogen (secondary N) is 1. The lowest BCUT2D eigenvalue weighted by molar-refractivity contribution is -0.129. The molecule has 0 bridgehead atoms. The first-order valence-corrected chi connectivity index (χ1v) is 7.43. The van der Waals surface area contributed by atoms with Gasteiger partial charge in [0.1, 0.15) is 5.75 Å². The highest BCUT2D eigenvalue weighted by atomic mass is 32.1. The molecule has 2 rings (SSSR count). The van der Waals surface area contributed by atoms with Gasteiger partial charge in [-0.25, -0.2) is 4.98 Å². The SMILES string of the molecule is COc1cccc(C(O)C(=O)NCCc2ncc(C)s2)c1. The van der Waals surface area contributed by atoms with Gasteiger partial charge in [-0.3, -0.25) is 4.79 Å². The summed E-state index contributed by atoms with van der Waals surface area (Å²) >= 11 is 1.61. The molecule has 1 amide bonds. The van der Waals surface area contributed by atoms with Gasteiger partial charge in [-0.05, 0) is 24.6 Å². The maximum absolute atomic E-state index is 11.9. The fourth-order valence-corrected chi connectivity index (χ4v) is 2.66. The minimum absolute atomic E-state index is 0.420. The monoisotopic (exact) mass is 306 g/mol. The van der Waals surface area contributed by atoms with Gasteiger partial charge in [-0.1, -0.05) is 12.1 Å². The summed E-state index contributed by atoms with van der Waals surface area (Å²) < 4.78 is 5.08. The van der Waals surface area contributed by atoms with E-state index >= 15 is 0 Å². The molecular formula is C15H18N2O3S. The number of benzene rings is 1. The fourth-order valence-electron chi connectivity index (χ4n) is 1.87. The third-order valence-electron chi connectivity index (χ3n) is 2.97. The zero-order valence-corrected chi connectivity index (χ0v) is 12.8. The van der Waals surface area contributed by atoms with E-state index in [1.807, 2.05) is 13.1 Å². The second-order valence-corrected chi connectivity index (χ2v) is 5.90. The first-order chi connectivity index (χ1) is 10.1. The summed E-state index contributed by atoms with van der Waals surface area (Å²) in [5.41, 5.74) is 0.511. The van der Waals surface area contributed by atoms with Crippen LogP contribution >= 0.6 is 11.3 Å². The third-order valence-corrected chi connectivity index (χ3v) is 3.94. The molecular weight excluding hydrogens is 288 g/mol. The molecule has 1 aromatic carbocycles. The van der Waals surface area contributed by atoms with Gasteiger partial charge in [0.05, 0.1) is 12.1 Å². The molecule has 0 spiro atoms. The van der Waals surface area contributed by atoms with Gasteiger partial charge in [0, 0.05) is 24.0 Å². The predicted octanol–water partition coefficient (Wildman–Crippen LogP) is 1.85. The molecule has 21 heavy (non-hydrogen) atoms. The van der Waals surface area contributed by atoms with Crippen molar-refractivity contribution in [2.75, 3.05) is 13.7 Å². The molecule has 0 aliphatic rings. The van der Waals surface area contributed by atoms with Crippen LogP contribution in [-0.4, -0.2) is 29.7 Å². The van der Waals surface area contributed by atoms with Gasteiger partial charge >= 0.3 is 0 Å². The number of nitrogens with zero attached hydrogens (tertiary/aromatic N) is 1. The maximum Gasteiger partial charge on any atom is 0.253 e. The van der Waals surface area contributed by atoms with Crippen molar-refractivity contribution in [3.63, 3.8) is 0 Å². The zero-order valence-electron chi connectivity index (χ0n) is 12.0. The van der Waals surface area contributed by atoms with Gasteiger partial charge in [0.2, 0.25) is 0 Å². The van der Waals surface area contributed by atoms with Crippen molar-refractivity contribution >= 4 is 17.2 Å². The summed E-state index contributed by atoms with van der Waals surface area (Å²) in [5, 5.41) is 13.7. The van der Waals surface area contributed by atoms with Crippen molar-refractivity contribution in [3.05, 3.63) is 45.9 Å². The van der Waals surface area contributed by atoms with E-state index in [1.54, 1.807) is 42.7 Å². The number of rotatable bonds is 6. The minimum atomic E-state index is -1.20. The number of ether oxygens (including phenoxy) is 1. The highest BCUT2D eigenvalue weighted by Gasteiger charge is 2.17. The van der Waals surface area contributed by atoms with Crippen LogP contribution in [-0.2, 0) is 11.2 Å². The Morgan fingerprint density at radius 1 is 1.52 bits per heavy atom. The highest BCUT2D eigenvalue weighted by molar-refractivity contribution is 7.11. The van der Waals surface area contributed by atoms with Gasteiger partial charge in [0.25, 0.3) is 5.91 Å². The van der Waals surface area contributed by atoms with Gasteiger partial charge in [0.15, 0.2) is 6.10 Å². The molecule has 1 atom stereocenters. The van der Waals surface area contributed by atoms with Gasteiger partial charge < -0.3 is 15.2 Å². The molecule has 0 fully saturated rings. The summed E-state index contributed by atoms with van der Waals surface area (Å²) in [4.78, 5) is 17.3. The van der Waals surface area contributed by atoms with E-state index in [-0.39, 0.29) is 0 Å². The number of aryl methyl sites for hydroxylation is 1. The summed E-state index contributed by atoms with van der Waals surface area (Å²) in [6.07, 6.45) is 1.28. The first kappa shape index (κ1) is 15.5. The maximum atomic E-state index is 11.9. The fraction of sp³-hybridized carbons (Fsp3) is 0.333. The average molecular weight is 306 g/mol. The van der Waals surface area contributed by atoms with Crippen molar-refractivity contribution in [3.8, 4) is 5.75 Å². The molecule has 112 valence electrons. The number of thiazole rings is 1. The quantitative estimate of drug-likeness (QED) is 0.854. The highest BCUT2D eigenvalue weighted by Crippen LogP contribution is 2.19. The number of carbonyl (C=O) groups excluding carboxylic acids is 1. The molecule has 0 aliphatic carbocycles. The lowest BCUT2D eigenvalue weighted by Crippen LogP contribution is -2.30. The second-order valence-electron chi connectivity index (χ2n) is 4.58. The Balaban J connectivity index is 1.87. The largest absolute Gasteiger partial charge is 0.497 e. The Labute approximate surface area is 127 Å².